The summed E-state index contributed by atoms with van der Waals surface area (Å²) in [5.74, 6) is 0. The smallest absolute Gasteiger partial charge is 0.298 e. The Kier molecular flexibility index (Phi) is 4.72. The SMILES string of the molecule is Cn1c(CN2CCCC2Cn2nc3c(cc2=O)CCCC3)ccnc1=O. The Labute approximate surface area is 152 Å². The number of rotatable bonds is 4. The summed E-state index contributed by atoms with van der Waals surface area (Å²) in [6, 6.07) is 3.94. The summed E-state index contributed by atoms with van der Waals surface area (Å²) in [6.45, 7) is 2.28. The third-order valence-corrected chi connectivity index (χ3v) is 5.69. The van der Waals surface area contributed by atoms with Crippen LogP contribution < -0.4 is 11.2 Å². The van der Waals surface area contributed by atoms with Gasteiger partial charge >= 0.3 is 5.69 Å². The fourth-order valence-electron chi connectivity index (χ4n) is 4.12. The quantitative estimate of drug-likeness (QED) is 0.814. The van der Waals surface area contributed by atoms with E-state index in [0.29, 0.717) is 13.1 Å². The lowest BCUT2D eigenvalue weighted by Crippen LogP contribution is -2.38. The van der Waals surface area contributed by atoms with Crippen LogP contribution in [0.25, 0.3) is 0 Å². The molecule has 0 aromatic carbocycles. The van der Waals surface area contributed by atoms with E-state index in [1.807, 2.05) is 6.07 Å². The van der Waals surface area contributed by atoms with Gasteiger partial charge in [0.15, 0.2) is 0 Å². The largest absolute Gasteiger partial charge is 0.347 e. The van der Waals surface area contributed by atoms with Crippen LogP contribution in [0.4, 0.5) is 0 Å². The number of likely N-dealkylation sites (tertiary alicyclic amines) is 1. The van der Waals surface area contributed by atoms with E-state index in [4.69, 9.17) is 0 Å². The van der Waals surface area contributed by atoms with Gasteiger partial charge in [0.05, 0.1) is 12.2 Å². The van der Waals surface area contributed by atoms with Gasteiger partial charge in [-0.05, 0) is 56.7 Å². The number of nitrogens with zero attached hydrogens (tertiary/aromatic N) is 5. The number of hydrogen-bond donors (Lipinski definition) is 0. The molecule has 2 aromatic heterocycles. The van der Waals surface area contributed by atoms with E-state index in [1.54, 1.807) is 28.6 Å². The van der Waals surface area contributed by atoms with Crippen LogP contribution in [0.5, 0.6) is 0 Å². The normalized spacial score (nSPS) is 20.3. The van der Waals surface area contributed by atoms with E-state index < -0.39 is 0 Å². The van der Waals surface area contributed by atoms with Crippen molar-refractivity contribution >= 4 is 0 Å². The molecule has 26 heavy (non-hydrogen) atoms. The van der Waals surface area contributed by atoms with Gasteiger partial charge in [0, 0.05) is 37.6 Å². The maximum Gasteiger partial charge on any atom is 0.347 e. The molecule has 0 radical (unpaired) electrons. The molecule has 1 unspecified atom stereocenters. The predicted octanol–water partition coefficient (Wildman–Crippen LogP) is 0.880. The first-order chi connectivity index (χ1) is 12.6. The second-order valence-corrected chi connectivity index (χ2v) is 7.39. The molecule has 2 aromatic rings. The predicted molar refractivity (Wildman–Crippen MR) is 98.0 cm³/mol. The van der Waals surface area contributed by atoms with Crippen molar-refractivity contribution < 1.29 is 0 Å². The zero-order chi connectivity index (χ0) is 18.1. The summed E-state index contributed by atoms with van der Waals surface area (Å²) < 4.78 is 3.25. The molecule has 1 fully saturated rings. The van der Waals surface area contributed by atoms with Crippen molar-refractivity contribution in [1.82, 2.24) is 24.2 Å². The summed E-state index contributed by atoms with van der Waals surface area (Å²) in [4.78, 5) is 30.4. The van der Waals surface area contributed by atoms with Gasteiger partial charge in [0.2, 0.25) is 0 Å². The van der Waals surface area contributed by atoms with Crippen LogP contribution in [0.1, 0.15) is 42.6 Å². The molecule has 0 saturated carbocycles. The number of aryl methyl sites for hydroxylation is 2. The Balaban J connectivity index is 1.53. The van der Waals surface area contributed by atoms with Crippen molar-refractivity contribution in [3.8, 4) is 0 Å². The summed E-state index contributed by atoms with van der Waals surface area (Å²) in [7, 11) is 1.76. The molecule has 7 heteroatoms. The minimum atomic E-state index is -0.231. The highest BCUT2D eigenvalue weighted by molar-refractivity contribution is 5.20. The fourth-order valence-corrected chi connectivity index (χ4v) is 4.12. The average Bonchev–Trinajstić information content (AvgIpc) is 3.06. The first-order valence-corrected chi connectivity index (χ1v) is 9.47. The Morgan fingerprint density at radius 3 is 2.92 bits per heavy atom. The molecule has 1 aliphatic carbocycles. The highest BCUT2D eigenvalue weighted by Crippen LogP contribution is 2.21. The summed E-state index contributed by atoms with van der Waals surface area (Å²) in [6.07, 6.45) is 7.97. The first kappa shape index (κ1) is 17.1. The van der Waals surface area contributed by atoms with Gasteiger partial charge in [-0.25, -0.2) is 14.5 Å². The molecule has 0 bridgehead atoms. The maximum atomic E-state index is 12.5. The Morgan fingerprint density at radius 1 is 1.19 bits per heavy atom. The average molecular weight is 355 g/mol. The van der Waals surface area contributed by atoms with Crippen LogP contribution in [-0.2, 0) is 33.0 Å². The molecule has 138 valence electrons. The summed E-state index contributed by atoms with van der Waals surface area (Å²) >= 11 is 0. The Bertz CT molecular complexity index is 917. The molecule has 2 aliphatic rings. The second-order valence-electron chi connectivity index (χ2n) is 7.39. The Morgan fingerprint density at radius 2 is 2.04 bits per heavy atom. The second kappa shape index (κ2) is 7.15. The van der Waals surface area contributed by atoms with Crippen molar-refractivity contribution in [2.45, 2.75) is 57.7 Å². The molecule has 3 heterocycles. The van der Waals surface area contributed by atoms with Gasteiger partial charge in [-0.3, -0.25) is 14.3 Å². The minimum Gasteiger partial charge on any atom is -0.298 e. The van der Waals surface area contributed by atoms with Crippen molar-refractivity contribution in [3.63, 3.8) is 0 Å². The molecule has 1 aliphatic heterocycles. The van der Waals surface area contributed by atoms with Gasteiger partial charge in [0.1, 0.15) is 0 Å². The monoisotopic (exact) mass is 355 g/mol. The lowest BCUT2D eigenvalue weighted by molar-refractivity contribution is 0.211. The summed E-state index contributed by atoms with van der Waals surface area (Å²) in [5, 5.41) is 4.66. The molecular weight excluding hydrogens is 330 g/mol. The van der Waals surface area contributed by atoms with Crippen LogP contribution in [0.15, 0.2) is 27.9 Å². The van der Waals surface area contributed by atoms with Crippen molar-refractivity contribution in [3.05, 3.63) is 56.1 Å². The van der Waals surface area contributed by atoms with Crippen LogP contribution in [0.2, 0.25) is 0 Å². The zero-order valence-corrected chi connectivity index (χ0v) is 15.2. The van der Waals surface area contributed by atoms with Crippen LogP contribution in [-0.4, -0.2) is 36.8 Å². The minimum absolute atomic E-state index is 0.00816. The molecule has 1 atom stereocenters. The van der Waals surface area contributed by atoms with Gasteiger partial charge in [-0.15, -0.1) is 0 Å². The topological polar surface area (TPSA) is 73.0 Å². The van der Waals surface area contributed by atoms with Gasteiger partial charge in [0.25, 0.3) is 5.56 Å². The standard InChI is InChI=1S/C19H25N5O2/c1-22-15(8-9-20-19(22)26)12-23-10-4-6-16(23)13-24-18(25)11-14-5-2-3-7-17(14)21-24/h8-9,11,16H,2-7,10,12-13H2,1H3. The maximum absolute atomic E-state index is 12.5. The van der Waals surface area contributed by atoms with E-state index in [2.05, 4.69) is 15.0 Å². The van der Waals surface area contributed by atoms with Gasteiger partial charge in [-0.2, -0.15) is 5.10 Å². The van der Waals surface area contributed by atoms with Crippen LogP contribution in [0, 0.1) is 0 Å². The third kappa shape index (κ3) is 3.35. The van der Waals surface area contributed by atoms with Crippen LogP contribution in [0.3, 0.4) is 0 Å². The first-order valence-electron chi connectivity index (χ1n) is 9.47. The molecule has 4 rings (SSSR count). The molecule has 1 saturated heterocycles. The molecule has 0 N–H and O–H groups in total. The van der Waals surface area contributed by atoms with Crippen molar-refractivity contribution in [2.75, 3.05) is 6.54 Å². The molecular formula is C19H25N5O2. The molecule has 0 spiro atoms. The van der Waals surface area contributed by atoms with E-state index in [1.165, 1.54) is 0 Å². The van der Waals surface area contributed by atoms with Gasteiger partial charge < -0.3 is 0 Å². The number of fused-ring (bicyclic) bond motifs is 1. The highest BCUT2D eigenvalue weighted by atomic mass is 16.1. The van der Waals surface area contributed by atoms with Gasteiger partial charge in [-0.1, -0.05) is 0 Å². The lowest BCUT2D eigenvalue weighted by Gasteiger charge is -2.26. The fraction of sp³-hybridized carbons (Fsp3) is 0.579. The highest BCUT2D eigenvalue weighted by Gasteiger charge is 2.26. The summed E-state index contributed by atoms with van der Waals surface area (Å²) in [5.41, 5.74) is 2.95. The van der Waals surface area contributed by atoms with E-state index in [9.17, 15) is 9.59 Å². The third-order valence-electron chi connectivity index (χ3n) is 5.69. The number of aromatic nitrogens is 4. The molecule has 7 nitrogen and oxygen atoms in total. The number of hydrogen-bond acceptors (Lipinski definition) is 5. The lowest BCUT2D eigenvalue weighted by atomic mass is 9.97. The van der Waals surface area contributed by atoms with Crippen molar-refractivity contribution in [1.29, 1.82) is 0 Å². The zero-order valence-electron chi connectivity index (χ0n) is 15.2. The van der Waals surface area contributed by atoms with Crippen molar-refractivity contribution in [2.24, 2.45) is 7.05 Å². The van der Waals surface area contributed by atoms with Crippen LogP contribution >= 0.6 is 0 Å². The molecule has 0 amide bonds. The van der Waals surface area contributed by atoms with E-state index >= 15 is 0 Å². The van der Waals surface area contributed by atoms with E-state index in [0.717, 1.165) is 62.0 Å². The Hall–Kier alpha value is -2.28. The van der Waals surface area contributed by atoms with E-state index in [-0.39, 0.29) is 17.3 Å².